The molecular weight excluding hydrogens is 300 g/mol. The van der Waals surface area contributed by atoms with Gasteiger partial charge in [-0.2, -0.15) is 0 Å². The highest BCUT2D eigenvalue weighted by Crippen LogP contribution is 2.25. The maximum absolute atomic E-state index is 6.00. The van der Waals surface area contributed by atoms with Gasteiger partial charge in [-0.15, -0.1) is 11.3 Å². The van der Waals surface area contributed by atoms with Crippen LogP contribution in [0.25, 0.3) is 0 Å². The van der Waals surface area contributed by atoms with Crippen molar-refractivity contribution in [3.63, 3.8) is 0 Å². The van der Waals surface area contributed by atoms with Gasteiger partial charge in [0, 0.05) is 43.6 Å². The van der Waals surface area contributed by atoms with Crippen molar-refractivity contribution in [3.8, 4) is 0 Å². The van der Waals surface area contributed by atoms with Crippen molar-refractivity contribution >= 4 is 22.9 Å². The number of halogens is 1. The molecule has 0 amide bonds. The van der Waals surface area contributed by atoms with E-state index in [0.29, 0.717) is 6.04 Å². The molecule has 1 fully saturated rings. The molecule has 0 radical (unpaired) electrons. The van der Waals surface area contributed by atoms with Gasteiger partial charge in [0.15, 0.2) is 0 Å². The van der Waals surface area contributed by atoms with Gasteiger partial charge in [0.05, 0.1) is 4.34 Å². The number of thiophene rings is 1. The van der Waals surface area contributed by atoms with Gasteiger partial charge >= 0.3 is 0 Å². The minimum atomic E-state index is 0.504. The molecule has 4 heteroatoms. The van der Waals surface area contributed by atoms with Gasteiger partial charge in [-0.25, -0.2) is 0 Å². The van der Waals surface area contributed by atoms with Crippen molar-refractivity contribution in [2.45, 2.75) is 19.5 Å². The third kappa shape index (κ3) is 3.86. The van der Waals surface area contributed by atoms with Crippen LogP contribution in [0.4, 0.5) is 0 Å². The molecule has 1 aromatic heterocycles. The average Bonchev–Trinajstić information content (AvgIpc) is 2.93. The fraction of sp³-hybridized carbons (Fsp3) is 0.412. The predicted molar refractivity (Wildman–Crippen MR) is 91.0 cm³/mol. The number of benzene rings is 1. The summed E-state index contributed by atoms with van der Waals surface area (Å²) in [5.74, 6) is 0. The number of hydrogen-bond donors (Lipinski definition) is 0. The molecule has 1 aliphatic heterocycles. The molecule has 0 bridgehead atoms. The van der Waals surface area contributed by atoms with Crippen molar-refractivity contribution in [3.05, 3.63) is 57.2 Å². The Morgan fingerprint density at radius 3 is 2.38 bits per heavy atom. The fourth-order valence-electron chi connectivity index (χ4n) is 2.91. The summed E-state index contributed by atoms with van der Waals surface area (Å²) in [4.78, 5) is 6.47. The van der Waals surface area contributed by atoms with E-state index in [4.69, 9.17) is 11.6 Å². The lowest BCUT2D eigenvalue weighted by Crippen LogP contribution is -2.46. The molecule has 3 rings (SSSR count). The summed E-state index contributed by atoms with van der Waals surface area (Å²) in [7, 11) is 0. The Kier molecular flexibility index (Phi) is 4.96. The van der Waals surface area contributed by atoms with E-state index < -0.39 is 0 Å². The lowest BCUT2D eigenvalue weighted by Gasteiger charge is -2.38. The maximum Gasteiger partial charge on any atom is 0.0931 e. The number of piperazine rings is 1. The molecule has 1 unspecified atom stereocenters. The second-order valence-electron chi connectivity index (χ2n) is 5.60. The van der Waals surface area contributed by atoms with E-state index in [2.05, 4.69) is 53.1 Å². The highest BCUT2D eigenvalue weighted by Gasteiger charge is 2.22. The summed E-state index contributed by atoms with van der Waals surface area (Å²) in [6.45, 7) is 7.87. The van der Waals surface area contributed by atoms with Gasteiger partial charge in [0.2, 0.25) is 0 Å². The second kappa shape index (κ2) is 6.93. The minimum Gasteiger partial charge on any atom is -0.296 e. The molecule has 112 valence electrons. The normalized spacial score (nSPS) is 18.8. The van der Waals surface area contributed by atoms with E-state index in [1.54, 1.807) is 11.3 Å². The summed E-state index contributed by atoms with van der Waals surface area (Å²) in [6.07, 6.45) is 0. The van der Waals surface area contributed by atoms with Crippen molar-refractivity contribution in [2.24, 2.45) is 0 Å². The Hall–Kier alpha value is -0.870. The number of nitrogens with zero attached hydrogens (tertiary/aromatic N) is 2. The molecule has 0 aliphatic carbocycles. The second-order valence-corrected chi connectivity index (χ2v) is 7.40. The van der Waals surface area contributed by atoms with Crippen LogP contribution < -0.4 is 0 Å². The van der Waals surface area contributed by atoms with Crippen molar-refractivity contribution in [2.75, 3.05) is 26.2 Å². The van der Waals surface area contributed by atoms with E-state index >= 15 is 0 Å². The minimum absolute atomic E-state index is 0.504. The molecule has 2 aromatic rings. The summed E-state index contributed by atoms with van der Waals surface area (Å²) >= 11 is 7.70. The van der Waals surface area contributed by atoms with Crippen molar-refractivity contribution in [1.82, 2.24) is 9.80 Å². The maximum atomic E-state index is 6.00. The first-order valence-corrected chi connectivity index (χ1v) is 8.67. The first-order chi connectivity index (χ1) is 10.2. The van der Waals surface area contributed by atoms with Crippen LogP contribution in [0.2, 0.25) is 4.34 Å². The lowest BCUT2D eigenvalue weighted by molar-refractivity contribution is 0.0985. The van der Waals surface area contributed by atoms with Gasteiger partial charge in [-0.3, -0.25) is 9.80 Å². The van der Waals surface area contributed by atoms with Crippen LogP contribution in [0.1, 0.15) is 23.4 Å². The largest absolute Gasteiger partial charge is 0.296 e. The zero-order chi connectivity index (χ0) is 14.7. The molecule has 0 N–H and O–H groups in total. The van der Waals surface area contributed by atoms with Crippen LogP contribution in [0.15, 0.2) is 42.5 Å². The molecule has 2 nitrogen and oxygen atoms in total. The molecule has 0 saturated carbocycles. The van der Waals surface area contributed by atoms with Crippen LogP contribution >= 0.6 is 22.9 Å². The van der Waals surface area contributed by atoms with Crippen LogP contribution in [0.3, 0.4) is 0 Å². The Balaban J connectivity index is 1.53. The van der Waals surface area contributed by atoms with Crippen LogP contribution in [0, 0.1) is 0 Å². The van der Waals surface area contributed by atoms with E-state index in [9.17, 15) is 0 Å². The molecule has 1 atom stereocenters. The first kappa shape index (κ1) is 15.0. The fourth-order valence-corrected chi connectivity index (χ4v) is 4.04. The van der Waals surface area contributed by atoms with E-state index in [1.165, 1.54) is 10.4 Å². The Labute approximate surface area is 136 Å². The van der Waals surface area contributed by atoms with Crippen LogP contribution in [-0.2, 0) is 6.54 Å². The Bertz CT molecular complexity index is 561. The van der Waals surface area contributed by atoms with Crippen molar-refractivity contribution in [1.29, 1.82) is 0 Å². The molecule has 1 aliphatic rings. The quantitative estimate of drug-likeness (QED) is 0.829. The predicted octanol–water partition coefficient (Wildman–Crippen LogP) is 4.28. The highest BCUT2D eigenvalue weighted by molar-refractivity contribution is 7.16. The standard InChI is InChI=1S/C17H21ClN2S/c1-14(15-5-3-2-4-6-15)20-11-9-19(10-12-20)13-16-7-8-17(18)21-16/h2-8,14H,9-13H2,1H3. The van der Waals surface area contributed by atoms with Crippen LogP contribution in [-0.4, -0.2) is 36.0 Å². The Morgan fingerprint density at radius 1 is 1.05 bits per heavy atom. The van der Waals surface area contributed by atoms with Gasteiger partial charge < -0.3 is 0 Å². The van der Waals surface area contributed by atoms with Crippen LogP contribution in [0.5, 0.6) is 0 Å². The highest BCUT2D eigenvalue weighted by atomic mass is 35.5. The first-order valence-electron chi connectivity index (χ1n) is 7.48. The van der Waals surface area contributed by atoms with Gasteiger partial charge in [0.25, 0.3) is 0 Å². The monoisotopic (exact) mass is 320 g/mol. The zero-order valence-corrected chi connectivity index (χ0v) is 13.9. The number of rotatable bonds is 4. The van der Waals surface area contributed by atoms with E-state index in [1.807, 2.05) is 6.07 Å². The molecular formula is C17H21ClN2S. The molecule has 21 heavy (non-hydrogen) atoms. The van der Waals surface area contributed by atoms with Gasteiger partial charge in [0.1, 0.15) is 0 Å². The summed E-state index contributed by atoms with van der Waals surface area (Å²) in [5.41, 5.74) is 1.41. The summed E-state index contributed by atoms with van der Waals surface area (Å²) < 4.78 is 0.890. The third-order valence-electron chi connectivity index (χ3n) is 4.24. The number of hydrogen-bond acceptors (Lipinski definition) is 3. The van der Waals surface area contributed by atoms with Gasteiger partial charge in [-0.1, -0.05) is 41.9 Å². The third-order valence-corrected chi connectivity index (χ3v) is 5.46. The smallest absolute Gasteiger partial charge is 0.0931 e. The van der Waals surface area contributed by atoms with E-state index in [-0.39, 0.29) is 0 Å². The molecule has 1 aromatic carbocycles. The topological polar surface area (TPSA) is 6.48 Å². The Morgan fingerprint density at radius 2 is 1.76 bits per heavy atom. The SMILES string of the molecule is CC(c1ccccc1)N1CCN(Cc2ccc(Cl)s2)CC1. The molecule has 2 heterocycles. The summed E-state index contributed by atoms with van der Waals surface area (Å²) in [6, 6.07) is 15.4. The lowest BCUT2D eigenvalue weighted by atomic mass is 10.1. The molecule has 1 saturated heterocycles. The van der Waals surface area contributed by atoms with Gasteiger partial charge in [-0.05, 0) is 24.6 Å². The van der Waals surface area contributed by atoms with Crippen molar-refractivity contribution < 1.29 is 0 Å². The summed E-state index contributed by atoms with van der Waals surface area (Å²) in [5, 5.41) is 0. The average molecular weight is 321 g/mol. The zero-order valence-electron chi connectivity index (χ0n) is 12.3. The molecule has 0 spiro atoms. The van der Waals surface area contributed by atoms with E-state index in [0.717, 1.165) is 37.1 Å².